The molecule has 0 N–H and O–H groups in total. The zero-order valence-corrected chi connectivity index (χ0v) is 20.6. The highest BCUT2D eigenvalue weighted by Gasteiger charge is 2.32. The smallest absolute Gasteiger partial charge is 0.343 e. The molecule has 0 heterocycles. The fraction of sp³-hybridized carbons (Fsp3) is 0.250. The van der Waals surface area contributed by atoms with Crippen LogP contribution in [0.2, 0.25) is 0 Å². The number of hydrogen-bond acceptors (Lipinski definition) is 8. The van der Waals surface area contributed by atoms with Gasteiger partial charge in [0.25, 0.3) is 0 Å². The lowest BCUT2D eigenvalue weighted by molar-refractivity contribution is -0.142. The fourth-order valence-electron chi connectivity index (χ4n) is 2.56. The van der Waals surface area contributed by atoms with Crippen LogP contribution in [0.15, 0.2) is 70.1 Å². The standard InChI is InChI=1S/C24H24Cl2O8/c1-5-31-23(27)19(21(25)33-17-11-7-15(29-3)8-12-17)20(24(28)32-6-2)22(26)34-18-13-9-16(30-4)10-14-18/h7-14H,5-6H2,1-4H3/b21-19+,22-20+. The topological polar surface area (TPSA) is 89.5 Å². The monoisotopic (exact) mass is 510 g/mol. The van der Waals surface area contributed by atoms with E-state index in [1.807, 2.05) is 0 Å². The Kier molecular flexibility index (Phi) is 10.6. The predicted molar refractivity (Wildman–Crippen MR) is 126 cm³/mol. The van der Waals surface area contributed by atoms with E-state index in [1.165, 1.54) is 14.2 Å². The van der Waals surface area contributed by atoms with Gasteiger partial charge in [-0.15, -0.1) is 0 Å². The Balaban J connectivity index is 2.57. The molecule has 0 spiro atoms. The van der Waals surface area contributed by atoms with Crippen molar-refractivity contribution in [3.63, 3.8) is 0 Å². The number of hydrogen-bond donors (Lipinski definition) is 0. The van der Waals surface area contributed by atoms with E-state index < -0.39 is 33.5 Å². The van der Waals surface area contributed by atoms with Gasteiger partial charge in [0.15, 0.2) is 0 Å². The van der Waals surface area contributed by atoms with E-state index in [9.17, 15) is 9.59 Å². The van der Waals surface area contributed by atoms with E-state index in [4.69, 9.17) is 51.6 Å². The third-order valence-electron chi connectivity index (χ3n) is 4.14. The maximum absolute atomic E-state index is 12.8. The first-order valence-corrected chi connectivity index (χ1v) is 10.9. The SMILES string of the molecule is CCOC(=O)C(=C(\Cl)Oc1ccc(OC)cc1)/C(C(=O)OCC)=C(/Cl)Oc1ccc(OC)cc1. The average molecular weight is 511 g/mol. The molecule has 2 aromatic rings. The molecule has 34 heavy (non-hydrogen) atoms. The van der Waals surface area contributed by atoms with Crippen LogP contribution in [0.4, 0.5) is 0 Å². The minimum Gasteiger partial charge on any atom is -0.497 e. The van der Waals surface area contributed by atoms with Crippen molar-refractivity contribution in [3.05, 3.63) is 70.1 Å². The molecule has 0 aliphatic carbocycles. The summed E-state index contributed by atoms with van der Waals surface area (Å²) < 4.78 is 31.6. The van der Waals surface area contributed by atoms with Gasteiger partial charge in [-0.1, -0.05) is 0 Å². The van der Waals surface area contributed by atoms with Crippen LogP contribution in [-0.2, 0) is 19.1 Å². The summed E-state index contributed by atoms with van der Waals surface area (Å²) >= 11 is 12.7. The van der Waals surface area contributed by atoms with Crippen LogP contribution in [-0.4, -0.2) is 39.4 Å². The first kappa shape index (κ1) is 26.9. The fourth-order valence-corrected chi connectivity index (χ4v) is 3.09. The predicted octanol–water partition coefficient (Wildman–Crippen LogP) is 5.19. The largest absolute Gasteiger partial charge is 0.497 e. The van der Waals surface area contributed by atoms with E-state index in [2.05, 4.69) is 0 Å². The van der Waals surface area contributed by atoms with Gasteiger partial charge in [-0.3, -0.25) is 0 Å². The van der Waals surface area contributed by atoms with Crippen molar-refractivity contribution in [2.45, 2.75) is 13.8 Å². The molecule has 182 valence electrons. The lowest BCUT2D eigenvalue weighted by Gasteiger charge is -2.15. The minimum absolute atomic E-state index is 0.00208. The highest BCUT2D eigenvalue weighted by Crippen LogP contribution is 2.31. The summed E-state index contributed by atoms with van der Waals surface area (Å²) in [5.74, 6) is -0.214. The number of rotatable bonds is 11. The van der Waals surface area contributed by atoms with Crippen molar-refractivity contribution in [1.82, 2.24) is 0 Å². The Morgan fingerprint density at radius 3 is 1.18 bits per heavy atom. The summed E-state index contributed by atoms with van der Waals surface area (Å²) in [6.07, 6.45) is 0. The molecule has 0 bridgehead atoms. The molecule has 0 saturated carbocycles. The van der Waals surface area contributed by atoms with Crippen molar-refractivity contribution >= 4 is 35.1 Å². The molecular formula is C24H24Cl2O8. The number of carbonyl (C=O) groups is 2. The third-order valence-corrected chi connectivity index (χ3v) is 4.67. The number of halogens is 2. The van der Waals surface area contributed by atoms with Crippen LogP contribution in [0.25, 0.3) is 0 Å². The van der Waals surface area contributed by atoms with Crippen molar-refractivity contribution < 1.29 is 38.0 Å². The van der Waals surface area contributed by atoms with E-state index >= 15 is 0 Å². The zero-order valence-electron chi connectivity index (χ0n) is 19.1. The average Bonchev–Trinajstić information content (AvgIpc) is 2.83. The first-order chi connectivity index (χ1) is 16.3. The van der Waals surface area contributed by atoms with Crippen LogP contribution < -0.4 is 18.9 Å². The molecule has 0 radical (unpaired) electrons. The normalized spacial score (nSPS) is 12.1. The molecule has 0 aliphatic rings. The lowest BCUT2D eigenvalue weighted by atomic mass is 10.1. The summed E-state index contributed by atoms with van der Waals surface area (Å²) in [4.78, 5) is 25.7. The van der Waals surface area contributed by atoms with Crippen molar-refractivity contribution in [2.75, 3.05) is 27.4 Å². The van der Waals surface area contributed by atoms with Crippen LogP contribution in [0.5, 0.6) is 23.0 Å². The van der Waals surface area contributed by atoms with Crippen molar-refractivity contribution in [3.8, 4) is 23.0 Å². The van der Waals surface area contributed by atoms with Crippen molar-refractivity contribution in [1.29, 1.82) is 0 Å². The van der Waals surface area contributed by atoms with Gasteiger partial charge in [0.1, 0.15) is 34.1 Å². The molecule has 0 amide bonds. The molecule has 0 aromatic heterocycles. The summed E-state index contributed by atoms with van der Waals surface area (Å²) in [6, 6.07) is 12.8. The van der Waals surface area contributed by atoms with Gasteiger partial charge in [-0.2, -0.15) is 0 Å². The Hall–Kier alpha value is -3.36. The molecule has 2 aromatic carbocycles. The third kappa shape index (κ3) is 7.33. The summed E-state index contributed by atoms with van der Waals surface area (Å²) in [5, 5.41) is -0.939. The summed E-state index contributed by atoms with van der Waals surface area (Å²) in [6.45, 7) is 3.19. The van der Waals surface area contributed by atoms with E-state index in [0.717, 1.165) is 0 Å². The number of benzene rings is 2. The molecule has 0 aliphatic heterocycles. The van der Waals surface area contributed by atoms with Gasteiger partial charge in [0.05, 0.1) is 27.4 Å². The second kappa shape index (κ2) is 13.4. The number of ether oxygens (including phenoxy) is 6. The van der Waals surface area contributed by atoms with Crippen LogP contribution in [0, 0.1) is 0 Å². The molecule has 0 saturated heterocycles. The summed E-state index contributed by atoms with van der Waals surface area (Å²) in [5.41, 5.74) is -0.924. The summed E-state index contributed by atoms with van der Waals surface area (Å²) in [7, 11) is 3.03. The van der Waals surface area contributed by atoms with Gasteiger partial charge in [-0.25, -0.2) is 9.59 Å². The molecule has 8 nitrogen and oxygen atoms in total. The van der Waals surface area contributed by atoms with Gasteiger partial charge >= 0.3 is 11.9 Å². The van der Waals surface area contributed by atoms with E-state index in [0.29, 0.717) is 11.5 Å². The molecule has 0 atom stereocenters. The Morgan fingerprint density at radius 2 is 0.912 bits per heavy atom. The van der Waals surface area contributed by atoms with Gasteiger partial charge in [-0.05, 0) is 85.6 Å². The van der Waals surface area contributed by atoms with E-state index in [1.54, 1.807) is 62.4 Å². The second-order valence-electron chi connectivity index (χ2n) is 6.29. The molecule has 2 rings (SSSR count). The highest BCUT2D eigenvalue weighted by atomic mass is 35.5. The van der Waals surface area contributed by atoms with Gasteiger partial charge in [0.2, 0.25) is 10.4 Å². The van der Waals surface area contributed by atoms with Crippen molar-refractivity contribution in [2.24, 2.45) is 0 Å². The zero-order chi connectivity index (χ0) is 25.1. The van der Waals surface area contributed by atoms with Crippen LogP contribution in [0.1, 0.15) is 13.8 Å². The number of carbonyl (C=O) groups excluding carboxylic acids is 2. The Labute approximate surface area is 207 Å². The minimum atomic E-state index is -0.958. The molecule has 0 unspecified atom stereocenters. The Bertz CT molecular complexity index is 958. The van der Waals surface area contributed by atoms with Gasteiger partial charge < -0.3 is 28.4 Å². The maximum Gasteiger partial charge on any atom is 0.343 e. The lowest BCUT2D eigenvalue weighted by Crippen LogP contribution is -2.21. The second-order valence-corrected chi connectivity index (χ2v) is 6.98. The molecule has 0 fully saturated rings. The number of methoxy groups -OCH3 is 2. The molecule has 10 heteroatoms. The van der Waals surface area contributed by atoms with Crippen LogP contribution in [0.3, 0.4) is 0 Å². The quantitative estimate of drug-likeness (QED) is 0.176. The van der Waals surface area contributed by atoms with Gasteiger partial charge in [0, 0.05) is 0 Å². The van der Waals surface area contributed by atoms with E-state index in [-0.39, 0.29) is 24.7 Å². The maximum atomic E-state index is 12.8. The van der Waals surface area contributed by atoms with Crippen LogP contribution >= 0.6 is 23.2 Å². The molecular weight excluding hydrogens is 487 g/mol. The Morgan fingerprint density at radius 1 is 0.618 bits per heavy atom. The first-order valence-electron chi connectivity index (χ1n) is 10.1. The number of esters is 2. The highest BCUT2D eigenvalue weighted by molar-refractivity contribution is 6.35.